The Kier molecular flexibility index (Phi) is 8.19. The van der Waals surface area contributed by atoms with Crippen LogP contribution in [0.4, 0.5) is 12.9 Å². The van der Waals surface area contributed by atoms with Gasteiger partial charge in [0.15, 0.2) is 0 Å². The average molecular weight is 274 g/mol. The molecule has 0 aliphatic carbocycles. The molecule has 0 radical (unpaired) electrons. The second-order valence-electron chi connectivity index (χ2n) is 4.68. The van der Waals surface area contributed by atoms with Gasteiger partial charge in [-0.25, -0.2) is 0 Å². The van der Waals surface area contributed by atoms with Crippen molar-refractivity contribution in [3.05, 3.63) is 12.1 Å². The molecule has 0 aromatic heterocycles. The maximum Gasteiger partial charge on any atom is 1.00 e. The number of hydrogen-bond donors (Lipinski definition) is 0. The first-order chi connectivity index (χ1) is 7.30. The standard InChI is InChI=1S/C10H19BF3N2.K/c1-9(11(12,13)14)8-16(3)10-4-6-15(2)7-5-10;/h10H,1,4-8H2,2-3H3;/q-1;+1. The molecular weight excluding hydrogens is 255 g/mol. The largest absolute Gasteiger partial charge is 1.00 e. The second kappa shape index (κ2) is 7.67. The van der Waals surface area contributed by atoms with Crippen LogP contribution in [0, 0.1) is 0 Å². The maximum absolute atomic E-state index is 12.4. The average Bonchev–Trinajstić information content (AvgIpc) is 2.17. The summed E-state index contributed by atoms with van der Waals surface area (Å²) >= 11 is 0. The van der Waals surface area contributed by atoms with Gasteiger partial charge >= 0.3 is 58.4 Å². The van der Waals surface area contributed by atoms with E-state index in [1.807, 2.05) is 7.05 Å². The summed E-state index contributed by atoms with van der Waals surface area (Å²) in [6.45, 7) is 0.0963. The van der Waals surface area contributed by atoms with Crippen LogP contribution in [0.3, 0.4) is 0 Å². The van der Waals surface area contributed by atoms with Gasteiger partial charge in [0.25, 0.3) is 0 Å². The fourth-order valence-electron chi connectivity index (χ4n) is 1.99. The minimum atomic E-state index is -4.89. The Balaban J connectivity index is 0.00000256. The third-order valence-corrected chi connectivity index (χ3v) is 3.23. The van der Waals surface area contributed by atoms with Crippen LogP contribution in [0.15, 0.2) is 12.1 Å². The van der Waals surface area contributed by atoms with Crippen molar-refractivity contribution in [3.63, 3.8) is 0 Å². The van der Waals surface area contributed by atoms with Crippen molar-refractivity contribution in [3.8, 4) is 0 Å². The fourth-order valence-corrected chi connectivity index (χ4v) is 1.99. The predicted molar refractivity (Wildman–Crippen MR) is 61.4 cm³/mol. The van der Waals surface area contributed by atoms with Gasteiger partial charge in [-0.15, -0.1) is 12.1 Å². The van der Waals surface area contributed by atoms with Gasteiger partial charge in [0.05, 0.1) is 0 Å². The summed E-state index contributed by atoms with van der Waals surface area (Å²) in [6.07, 6.45) is 1.87. The molecule has 0 atom stereocenters. The van der Waals surface area contributed by atoms with Gasteiger partial charge in [0, 0.05) is 6.04 Å². The van der Waals surface area contributed by atoms with E-state index < -0.39 is 12.4 Å². The van der Waals surface area contributed by atoms with Crippen LogP contribution in [-0.2, 0) is 0 Å². The predicted octanol–water partition coefficient (Wildman–Crippen LogP) is -1.04. The van der Waals surface area contributed by atoms with Crippen LogP contribution in [0.25, 0.3) is 0 Å². The molecule has 0 N–H and O–H groups in total. The number of nitrogens with zero attached hydrogens (tertiary/aromatic N) is 2. The monoisotopic (exact) mass is 274 g/mol. The number of hydrogen-bond acceptors (Lipinski definition) is 2. The quantitative estimate of drug-likeness (QED) is 0.604. The van der Waals surface area contributed by atoms with E-state index in [1.165, 1.54) is 0 Å². The van der Waals surface area contributed by atoms with Gasteiger partial charge in [0.2, 0.25) is 0 Å². The van der Waals surface area contributed by atoms with Gasteiger partial charge in [-0.05, 0) is 46.6 Å². The molecule has 0 bridgehead atoms. The summed E-state index contributed by atoms with van der Waals surface area (Å²) < 4.78 is 37.1. The van der Waals surface area contributed by atoms with E-state index in [2.05, 4.69) is 11.5 Å². The summed E-state index contributed by atoms with van der Waals surface area (Å²) in [5, 5.41) is 0. The summed E-state index contributed by atoms with van der Waals surface area (Å²) in [5.41, 5.74) is -0.596. The van der Waals surface area contributed by atoms with E-state index in [4.69, 9.17) is 0 Å². The first-order valence-electron chi connectivity index (χ1n) is 5.57. The van der Waals surface area contributed by atoms with Crippen molar-refractivity contribution < 1.29 is 64.3 Å². The van der Waals surface area contributed by atoms with Crippen molar-refractivity contribution in [2.45, 2.75) is 18.9 Å². The zero-order valence-corrected chi connectivity index (χ0v) is 14.0. The number of rotatable bonds is 4. The molecule has 1 heterocycles. The third-order valence-electron chi connectivity index (χ3n) is 3.23. The van der Waals surface area contributed by atoms with Gasteiger partial charge in [-0.2, -0.15) is 0 Å². The van der Waals surface area contributed by atoms with Crippen molar-refractivity contribution in [1.29, 1.82) is 0 Å². The van der Waals surface area contributed by atoms with E-state index in [-0.39, 0.29) is 64.0 Å². The molecular formula is C10H19BF3KN2. The Morgan fingerprint density at radius 3 is 2.24 bits per heavy atom. The zero-order valence-electron chi connectivity index (χ0n) is 10.9. The summed E-state index contributed by atoms with van der Waals surface area (Å²) in [4.78, 5) is 3.98. The smallest absolute Gasteiger partial charge is 0.445 e. The molecule has 1 saturated heterocycles. The number of likely N-dealkylation sites (N-methyl/N-ethyl adjacent to an activating group) is 1. The second-order valence-corrected chi connectivity index (χ2v) is 4.68. The Morgan fingerprint density at radius 2 is 1.82 bits per heavy atom. The molecule has 2 nitrogen and oxygen atoms in total. The molecule has 94 valence electrons. The number of likely N-dealkylation sites (tertiary alicyclic amines) is 1. The van der Waals surface area contributed by atoms with E-state index in [0.29, 0.717) is 0 Å². The number of halogens is 3. The van der Waals surface area contributed by atoms with Crippen LogP contribution < -0.4 is 51.4 Å². The Bertz CT molecular complexity index is 252. The molecule has 0 aromatic carbocycles. The maximum atomic E-state index is 12.4. The molecule has 1 aliphatic heterocycles. The van der Waals surface area contributed by atoms with Gasteiger partial charge in [0.1, 0.15) is 0 Å². The van der Waals surface area contributed by atoms with Crippen molar-refractivity contribution in [2.24, 2.45) is 0 Å². The summed E-state index contributed by atoms with van der Waals surface area (Å²) in [7, 11) is 3.79. The van der Waals surface area contributed by atoms with Crippen molar-refractivity contribution in [2.75, 3.05) is 33.7 Å². The molecule has 7 heteroatoms. The number of piperidine rings is 1. The summed E-state index contributed by atoms with van der Waals surface area (Å²) in [6, 6.07) is 0.256. The Hall–Kier alpha value is 1.15. The summed E-state index contributed by atoms with van der Waals surface area (Å²) in [5.74, 6) is 0. The van der Waals surface area contributed by atoms with E-state index in [0.717, 1.165) is 25.9 Å². The first-order valence-corrected chi connectivity index (χ1v) is 5.57. The molecule has 1 rings (SSSR count). The van der Waals surface area contributed by atoms with Gasteiger partial charge in [-0.1, -0.05) is 0 Å². The van der Waals surface area contributed by atoms with Gasteiger partial charge in [-0.3, -0.25) is 0 Å². The minimum Gasteiger partial charge on any atom is -0.445 e. The topological polar surface area (TPSA) is 6.48 Å². The van der Waals surface area contributed by atoms with Crippen LogP contribution in [0.1, 0.15) is 12.8 Å². The molecule has 0 unspecified atom stereocenters. The normalized spacial score (nSPS) is 19.2. The first kappa shape index (κ1) is 18.2. The molecule has 0 aromatic rings. The molecule has 17 heavy (non-hydrogen) atoms. The van der Waals surface area contributed by atoms with Gasteiger partial charge < -0.3 is 22.7 Å². The van der Waals surface area contributed by atoms with Crippen LogP contribution in [0.5, 0.6) is 0 Å². The Morgan fingerprint density at radius 1 is 1.35 bits per heavy atom. The molecule has 0 amide bonds. The van der Waals surface area contributed by atoms with E-state index in [9.17, 15) is 12.9 Å². The Labute approximate surface area is 144 Å². The molecule has 1 fully saturated rings. The van der Waals surface area contributed by atoms with Crippen molar-refractivity contribution >= 4 is 6.98 Å². The molecule has 0 spiro atoms. The van der Waals surface area contributed by atoms with Crippen molar-refractivity contribution in [1.82, 2.24) is 9.80 Å². The van der Waals surface area contributed by atoms with Crippen LogP contribution in [-0.4, -0.2) is 56.5 Å². The molecule has 0 saturated carbocycles. The fraction of sp³-hybridized carbons (Fsp3) is 0.800. The minimum absolute atomic E-state index is 0. The third kappa shape index (κ3) is 6.22. The zero-order chi connectivity index (χ0) is 12.3. The van der Waals surface area contributed by atoms with E-state index in [1.54, 1.807) is 11.9 Å². The van der Waals surface area contributed by atoms with Crippen LogP contribution >= 0.6 is 0 Å². The van der Waals surface area contributed by atoms with Crippen LogP contribution in [0.2, 0.25) is 0 Å². The molecule has 1 aliphatic rings. The SMILES string of the molecule is C=C(CN(C)C1CCN(C)CC1)[B-](F)(F)F.[K+]. The van der Waals surface area contributed by atoms with E-state index >= 15 is 0 Å².